The molecular weight excluding hydrogens is 193 g/mol. The molecule has 0 bridgehead atoms. The molecule has 0 aromatic heterocycles. The second kappa shape index (κ2) is 3.85. The van der Waals surface area contributed by atoms with Crippen molar-refractivity contribution in [2.24, 2.45) is 5.73 Å². The molecule has 0 radical (unpaired) electrons. The molecule has 1 atom stereocenters. The molecule has 4 heteroatoms. The third-order valence-corrected chi connectivity index (χ3v) is 1.92. The summed E-state index contributed by atoms with van der Waals surface area (Å²) >= 11 is 5.45. The lowest BCUT2D eigenvalue weighted by atomic mass is 10.1. The van der Waals surface area contributed by atoms with Crippen LogP contribution in [0.25, 0.3) is 0 Å². The lowest BCUT2D eigenvalue weighted by Gasteiger charge is -2.04. The molecule has 0 fully saturated rings. The Labute approximate surface area is 80.5 Å². The van der Waals surface area contributed by atoms with Crippen LogP contribution in [0.15, 0.2) is 18.2 Å². The van der Waals surface area contributed by atoms with Crippen LogP contribution in [0, 0.1) is 5.82 Å². The molecule has 2 nitrogen and oxygen atoms in total. The van der Waals surface area contributed by atoms with Crippen LogP contribution in [-0.2, 0) is 0 Å². The van der Waals surface area contributed by atoms with Gasteiger partial charge in [0.15, 0.2) is 5.78 Å². The van der Waals surface area contributed by atoms with Crippen LogP contribution in [0.1, 0.15) is 17.3 Å². The van der Waals surface area contributed by atoms with Gasteiger partial charge in [0.05, 0.1) is 11.1 Å². The zero-order chi connectivity index (χ0) is 10.0. The summed E-state index contributed by atoms with van der Waals surface area (Å²) in [4.78, 5) is 11.3. The Bertz CT molecular complexity index is 338. The van der Waals surface area contributed by atoms with E-state index >= 15 is 0 Å². The average Bonchev–Trinajstić information content (AvgIpc) is 2.08. The number of rotatable bonds is 2. The highest BCUT2D eigenvalue weighted by atomic mass is 35.5. The summed E-state index contributed by atoms with van der Waals surface area (Å²) in [5.41, 5.74) is 5.60. The Balaban J connectivity index is 3.04. The maximum Gasteiger partial charge on any atom is 0.179 e. The van der Waals surface area contributed by atoms with Crippen molar-refractivity contribution in [2.45, 2.75) is 13.0 Å². The van der Waals surface area contributed by atoms with Gasteiger partial charge in [-0.15, -0.1) is 0 Å². The SMILES string of the molecule is CC(N)C(=O)c1ccc(Cl)c(F)c1. The molecule has 70 valence electrons. The fourth-order valence-electron chi connectivity index (χ4n) is 0.912. The predicted molar refractivity (Wildman–Crippen MR) is 49.4 cm³/mol. The zero-order valence-corrected chi connectivity index (χ0v) is 7.81. The maximum absolute atomic E-state index is 12.9. The molecule has 0 heterocycles. The molecule has 0 aliphatic rings. The van der Waals surface area contributed by atoms with E-state index in [1.807, 2.05) is 0 Å². The second-order valence-electron chi connectivity index (χ2n) is 2.78. The summed E-state index contributed by atoms with van der Waals surface area (Å²) in [6.45, 7) is 1.55. The summed E-state index contributed by atoms with van der Waals surface area (Å²) in [5.74, 6) is -0.899. The lowest BCUT2D eigenvalue weighted by Crippen LogP contribution is -2.26. The Morgan fingerprint density at radius 1 is 1.62 bits per heavy atom. The number of carbonyl (C=O) groups is 1. The fraction of sp³-hybridized carbons (Fsp3) is 0.222. The highest BCUT2D eigenvalue weighted by molar-refractivity contribution is 6.30. The molecule has 1 aromatic carbocycles. The topological polar surface area (TPSA) is 43.1 Å². The Morgan fingerprint density at radius 2 is 2.23 bits per heavy atom. The van der Waals surface area contributed by atoms with Crippen molar-refractivity contribution in [1.29, 1.82) is 0 Å². The molecular formula is C9H9ClFNO. The average molecular weight is 202 g/mol. The van der Waals surface area contributed by atoms with Crippen LogP contribution in [0.5, 0.6) is 0 Å². The van der Waals surface area contributed by atoms with E-state index in [1.54, 1.807) is 6.92 Å². The van der Waals surface area contributed by atoms with Crippen molar-refractivity contribution < 1.29 is 9.18 Å². The molecule has 1 aromatic rings. The number of benzene rings is 1. The molecule has 13 heavy (non-hydrogen) atoms. The van der Waals surface area contributed by atoms with Gasteiger partial charge in [0, 0.05) is 5.56 Å². The van der Waals surface area contributed by atoms with E-state index in [-0.39, 0.29) is 16.4 Å². The van der Waals surface area contributed by atoms with Gasteiger partial charge in [0.2, 0.25) is 0 Å². The summed E-state index contributed by atoms with van der Waals surface area (Å²) in [7, 11) is 0. The lowest BCUT2D eigenvalue weighted by molar-refractivity contribution is 0.0967. The van der Waals surface area contributed by atoms with Crippen molar-refractivity contribution in [2.75, 3.05) is 0 Å². The number of hydrogen-bond acceptors (Lipinski definition) is 2. The highest BCUT2D eigenvalue weighted by Gasteiger charge is 2.12. The van der Waals surface area contributed by atoms with Crippen LogP contribution < -0.4 is 5.73 Å². The molecule has 2 N–H and O–H groups in total. The minimum atomic E-state index is -0.624. The number of nitrogens with two attached hydrogens (primary N) is 1. The van der Waals surface area contributed by atoms with Crippen molar-refractivity contribution in [3.63, 3.8) is 0 Å². The third kappa shape index (κ3) is 2.26. The number of Topliss-reactive ketones (excluding diaryl/α,β-unsaturated/α-hetero) is 1. The quantitative estimate of drug-likeness (QED) is 0.744. The van der Waals surface area contributed by atoms with E-state index < -0.39 is 11.9 Å². The van der Waals surface area contributed by atoms with Gasteiger partial charge in [-0.05, 0) is 25.1 Å². The van der Waals surface area contributed by atoms with E-state index in [1.165, 1.54) is 12.1 Å². The molecule has 0 aliphatic heterocycles. The van der Waals surface area contributed by atoms with Gasteiger partial charge in [0.25, 0.3) is 0 Å². The first kappa shape index (κ1) is 10.2. The van der Waals surface area contributed by atoms with Gasteiger partial charge in [-0.25, -0.2) is 4.39 Å². The first-order chi connectivity index (χ1) is 6.02. The van der Waals surface area contributed by atoms with Crippen molar-refractivity contribution >= 4 is 17.4 Å². The van der Waals surface area contributed by atoms with Crippen molar-refractivity contribution in [3.8, 4) is 0 Å². The molecule has 0 amide bonds. The van der Waals surface area contributed by atoms with Crippen LogP contribution in [0.2, 0.25) is 5.02 Å². The number of carbonyl (C=O) groups excluding carboxylic acids is 1. The Hall–Kier alpha value is -0.930. The maximum atomic E-state index is 12.9. The summed E-state index contributed by atoms with van der Waals surface area (Å²) in [5, 5.41) is 0.00113. The van der Waals surface area contributed by atoms with Crippen LogP contribution in [0.4, 0.5) is 4.39 Å². The van der Waals surface area contributed by atoms with Crippen molar-refractivity contribution in [3.05, 3.63) is 34.6 Å². The van der Waals surface area contributed by atoms with Gasteiger partial charge in [-0.2, -0.15) is 0 Å². The highest BCUT2D eigenvalue weighted by Crippen LogP contribution is 2.16. The van der Waals surface area contributed by atoms with E-state index in [0.717, 1.165) is 6.07 Å². The molecule has 0 saturated carbocycles. The number of halogens is 2. The summed E-state index contributed by atoms with van der Waals surface area (Å²) < 4.78 is 12.9. The van der Waals surface area contributed by atoms with Gasteiger partial charge in [0.1, 0.15) is 5.82 Å². The minimum absolute atomic E-state index is 0.00113. The minimum Gasteiger partial charge on any atom is -0.321 e. The molecule has 1 rings (SSSR count). The van der Waals surface area contributed by atoms with Gasteiger partial charge < -0.3 is 5.73 Å². The molecule has 0 spiro atoms. The normalized spacial score (nSPS) is 12.6. The van der Waals surface area contributed by atoms with E-state index in [0.29, 0.717) is 0 Å². The summed E-state index contributed by atoms with van der Waals surface area (Å²) in [6, 6.07) is 3.26. The molecule has 1 unspecified atom stereocenters. The second-order valence-corrected chi connectivity index (χ2v) is 3.19. The van der Waals surface area contributed by atoms with E-state index in [9.17, 15) is 9.18 Å². The van der Waals surface area contributed by atoms with Crippen LogP contribution in [0.3, 0.4) is 0 Å². The first-order valence-corrected chi connectivity index (χ1v) is 4.15. The Morgan fingerprint density at radius 3 is 2.69 bits per heavy atom. The third-order valence-electron chi connectivity index (χ3n) is 1.62. The summed E-state index contributed by atoms with van der Waals surface area (Å²) in [6.07, 6.45) is 0. The van der Waals surface area contributed by atoms with Gasteiger partial charge >= 0.3 is 0 Å². The van der Waals surface area contributed by atoms with E-state index in [4.69, 9.17) is 17.3 Å². The number of ketones is 1. The fourth-order valence-corrected chi connectivity index (χ4v) is 1.03. The number of hydrogen-bond donors (Lipinski definition) is 1. The zero-order valence-electron chi connectivity index (χ0n) is 7.05. The molecule has 0 saturated heterocycles. The molecule has 0 aliphatic carbocycles. The monoisotopic (exact) mass is 201 g/mol. The largest absolute Gasteiger partial charge is 0.321 e. The van der Waals surface area contributed by atoms with Crippen LogP contribution >= 0.6 is 11.6 Å². The van der Waals surface area contributed by atoms with Gasteiger partial charge in [-0.1, -0.05) is 11.6 Å². The van der Waals surface area contributed by atoms with Crippen molar-refractivity contribution in [1.82, 2.24) is 0 Å². The first-order valence-electron chi connectivity index (χ1n) is 3.77. The predicted octanol–water partition coefficient (Wildman–Crippen LogP) is 2.01. The van der Waals surface area contributed by atoms with Crippen LogP contribution in [-0.4, -0.2) is 11.8 Å². The standard InChI is InChI=1S/C9H9ClFNO/c1-5(12)9(13)6-2-3-7(10)8(11)4-6/h2-5H,12H2,1H3. The Kier molecular flexibility index (Phi) is 3.01. The smallest absolute Gasteiger partial charge is 0.179 e. The van der Waals surface area contributed by atoms with E-state index in [2.05, 4.69) is 0 Å². The van der Waals surface area contributed by atoms with Gasteiger partial charge in [-0.3, -0.25) is 4.79 Å².